The molecule has 2 fully saturated rings. The summed E-state index contributed by atoms with van der Waals surface area (Å²) in [5.41, 5.74) is 1.59. The zero-order valence-corrected chi connectivity index (χ0v) is 24.4. The molecule has 0 radical (unpaired) electrons. The Morgan fingerprint density at radius 2 is 1.93 bits per heavy atom. The van der Waals surface area contributed by atoms with Crippen LogP contribution in [-0.2, 0) is 4.79 Å². The van der Waals surface area contributed by atoms with E-state index in [9.17, 15) is 18.4 Å². The van der Waals surface area contributed by atoms with Crippen molar-refractivity contribution in [3.63, 3.8) is 0 Å². The minimum Gasteiger partial charge on any atom is -0.350 e. The number of halogens is 4. The van der Waals surface area contributed by atoms with Crippen LogP contribution in [0.15, 0.2) is 48.5 Å². The standard InChI is InChI=1S/C30H38Cl2F2N4O2/c1-2-21(22-7-4-3-5-8-22)19-38-16-11-24(18-35-28(39)23-9-10-25(31)26(32)17-23)36-27(29(38)40)12-15-37-14-6-13-30(33,34)20-37/h3-5,7-10,17,21,24,27,36H,2,6,11-16,18-20H2,1H3,(H,35,39)/t21-,24-,27-/m1/s1. The van der Waals surface area contributed by atoms with Crippen molar-refractivity contribution in [1.29, 1.82) is 0 Å². The minimum atomic E-state index is -2.69. The Labute approximate surface area is 245 Å². The van der Waals surface area contributed by atoms with E-state index in [1.807, 2.05) is 23.1 Å². The zero-order chi connectivity index (χ0) is 28.7. The number of hydrogen-bond donors (Lipinski definition) is 2. The molecule has 0 aromatic heterocycles. The Kier molecular flexibility index (Phi) is 10.8. The van der Waals surface area contributed by atoms with Crippen LogP contribution in [0.2, 0.25) is 10.0 Å². The maximum absolute atomic E-state index is 14.0. The quantitative estimate of drug-likeness (QED) is 0.376. The highest BCUT2D eigenvalue weighted by molar-refractivity contribution is 6.42. The summed E-state index contributed by atoms with van der Waals surface area (Å²) in [6, 6.07) is 14.2. The maximum Gasteiger partial charge on any atom is 0.260 e. The molecule has 0 aliphatic carbocycles. The first kappa shape index (κ1) is 30.7. The molecule has 2 aromatic rings. The molecule has 0 bridgehead atoms. The number of hydrogen-bond acceptors (Lipinski definition) is 4. The van der Waals surface area contributed by atoms with Crippen LogP contribution >= 0.6 is 23.2 Å². The van der Waals surface area contributed by atoms with Gasteiger partial charge in [-0.25, -0.2) is 8.78 Å². The Balaban J connectivity index is 1.44. The van der Waals surface area contributed by atoms with Crippen LogP contribution in [0.3, 0.4) is 0 Å². The molecule has 3 atom stereocenters. The minimum absolute atomic E-state index is 0.0172. The van der Waals surface area contributed by atoms with Crippen molar-refractivity contribution in [1.82, 2.24) is 20.4 Å². The summed E-state index contributed by atoms with van der Waals surface area (Å²) in [4.78, 5) is 30.2. The predicted octanol–water partition coefficient (Wildman–Crippen LogP) is 5.60. The number of nitrogens with zero attached hydrogens (tertiary/aromatic N) is 2. The van der Waals surface area contributed by atoms with Crippen molar-refractivity contribution >= 4 is 35.0 Å². The fourth-order valence-corrected chi connectivity index (χ4v) is 5.89. The number of likely N-dealkylation sites (tertiary alicyclic amines) is 1. The molecule has 0 spiro atoms. The Morgan fingerprint density at radius 1 is 1.15 bits per heavy atom. The summed E-state index contributed by atoms with van der Waals surface area (Å²) in [5, 5.41) is 7.07. The van der Waals surface area contributed by atoms with Gasteiger partial charge in [0.05, 0.1) is 22.6 Å². The van der Waals surface area contributed by atoms with Gasteiger partial charge in [0.15, 0.2) is 0 Å². The van der Waals surface area contributed by atoms with E-state index in [-0.39, 0.29) is 36.7 Å². The van der Waals surface area contributed by atoms with E-state index in [4.69, 9.17) is 23.2 Å². The van der Waals surface area contributed by atoms with Gasteiger partial charge in [-0.3, -0.25) is 14.5 Å². The number of amides is 2. The van der Waals surface area contributed by atoms with E-state index in [1.54, 1.807) is 17.0 Å². The molecule has 0 saturated carbocycles. The molecule has 40 heavy (non-hydrogen) atoms. The van der Waals surface area contributed by atoms with Crippen molar-refractivity contribution in [3.8, 4) is 0 Å². The van der Waals surface area contributed by atoms with Crippen molar-refractivity contribution in [2.75, 3.05) is 39.3 Å². The third kappa shape index (κ3) is 8.38. The van der Waals surface area contributed by atoms with Crippen LogP contribution in [0.1, 0.15) is 60.9 Å². The number of piperidine rings is 1. The predicted molar refractivity (Wildman–Crippen MR) is 155 cm³/mol. The van der Waals surface area contributed by atoms with E-state index >= 15 is 0 Å². The maximum atomic E-state index is 14.0. The normalized spacial score (nSPS) is 22.5. The molecule has 2 heterocycles. The van der Waals surface area contributed by atoms with Crippen molar-refractivity contribution in [2.45, 2.75) is 63.0 Å². The first-order valence-corrected chi connectivity index (χ1v) is 14.8. The summed E-state index contributed by atoms with van der Waals surface area (Å²) < 4.78 is 28.0. The molecule has 218 valence electrons. The molecule has 2 aliphatic rings. The number of alkyl halides is 2. The average molecular weight is 596 g/mol. The van der Waals surface area contributed by atoms with Gasteiger partial charge < -0.3 is 15.5 Å². The second-order valence-electron chi connectivity index (χ2n) is 10.9. The molecule has 6 nitrogen and oxygen atoms in total. The van der Waals surface area contributed by atoms with Gasteiger partial charge in [-0.1, -0.05) is 60.5 Å². The Hall–Kier alpha value is -2.26. The van der Waals surface area contributed by atoms with Gasteiger partial charge in [0.2, 0.25) is 5.91 Å². The molecular formula is C30H38Cl2F2N4O2. The lowest BCUT2D eigenvalue weighted by atomic mass is 9.95. The van der Waals surface area contributed by atoms with Crippen LogP contribution in [0.5, 0.6) is 0 Å². The zero-order valence-electron chi connectivity index (χ0n) is 22.9. The van der Waals surface area contributed by atoms with Gasteiger partial charge in [-0.05, 0) is 56.0 Å². The Bertz CT molecular complexity index is 1150. The van der Waals surface area contributed by atoms with Crippen LogP contribution in [0, 0.1) is 0 Å². The summed E-state index contributed by atoms with van der Waals surface area (Å²) in [5.74, 6) is -2.80. The highest BCUT2D eigenvalue weighted by atomic mass is 35.5. The molecule has 2 aliphatic heterocycles. The first-order chi connectivity index (χ1) is 19.1. The first-order valence-electron chi connectivity index (χ1n) is 14.1. The van der Waals surface area contributed by atoms with E-state index in [0.717, 1.165) is 6.42 Å². The number of nitrogens with one attached hydrogen (secondary N) is 2. The summed E-state index contributed by atoms with van der Waals surface area (Å²) >= 11 is 12.1. The lowest BCUT2D eigenvalue weighted by molar-refractivity contribution is -0.133. The molecule has 2 saturated heterocycles. The van der Waals surface area contributed by atoms with Crippen molar-refractivity contribution < 1.29 is 18.4 Å². The van der Waals surface area contributed by atoms with E-state index < -0.39 is 12.0 Å². The average Bonchev–Trinajstić information content (AvgIpc) is 3.08. The van der Waals surface area contributed by atoms with E-state index in [2.05, 4.69) is 29.7 Å². The van der Waals surface area contributed by atoms with Crippen molar-refractivity contribution in [3.05, 3.63) is 69.7 Å². The van der Waals surface area contributed by atoms with Gasteiger partial charge in [0.1, 0.15) is 0 Å². The summed E-state index contributed by atoms with van der Waals surface area (Å²) in [6.07, 6.45) is 2.32. The van der Waals surface area contributed by atoms with Gasteiger partial charge in [-0.2, -0.15) is 0 Å². The van der Waals surface area contributed by atoms with Gasteiger partial charge >= 0.3 is 0 Å². The highest BCUT2D eigenvalue weighted by Gasteiger charge is 2.37. The van der Waals surface area contributed by atoms with Gasteiger partial charge in [-0.15, -0.1) is 0 Å². The molecule has 2 aromatic carbocycles. The molecule has 2 amide bonds. The smallest absolute Gasteiger partial charge is 0.260 e. The largest absolute Gasteiger partial charge is 0.350 e. The van der Waals surface area contributed by atoms with Crippen LogP contribution in [0.25, 0.3) is 0 Å². The summed E-state index contributed by atoms with van der Waals surface area (Å²) in [6.45, 7) is 4.30. The summed E-state index contributed by atoms with van der Waals surface area (Å²) in [7, 11) is 0. The van der Waals surface area contributed by atoms with Crippen LogP contribution in [0.4, 0.5) is 8.78 Å². The molecule has 10 heteroatoms. The lowest BCUT2D eigenvalue weighted by Gasteiger charge is -2.34. The molecule has 0 unspecified atom stereocenters. The fourth-order valence-electron chi connectivity index (χ4n) is 5.60. The number of benzene rings is 2. The van der Waals surface area contributed by atoms with E-state index in [1.165, 1.54) is 11.6 Å². The number of carbonyl (C=O) groups is 2. The topological polar surface area (TPSA) is 64.7 Å². The van der Waals surface area contributed by atoms with Crippen LogP contribution < -0.4 is 10.6 Å². The lowest BCUT2D eigenvalue weighted by Crippen LogP contribution is -2.51. The number of carbonyl (C=O) groups excluding carboxylic acids is 2. The SMILES string of the molecule is CC[C@H](CN1CC[C@H](CNC(=O)c2ccc(Cl)c(Cl)c2)N[C@H](CCN2CCCC(F)(F)C2)C1=O)c1ccccc1. The highest BCUT2D eigenvalue weighted by Crippen LogP contribution is 2.27. The second-order valence-corrected chi connectivity index (χ2v) is 11.7. The van der Waals surface area contributed by atoms with E-state index in [0.29, 0.717) is 67.6 Å². The van der Waals surface area contributed by atoms with Crippen LogP contribution in [-0.4, -0.2) is 78.9 Å². The fraction of sp³-hybridized carbons (Fsp3) is 0.533. The molecular weight excluding hydrogens is 557 g/mol. The number of rotatable bonds is 10. The third-order valence-corrected chi connectivity index (χ3v) is 8.63. The molecule has 2 N–H and O–H groups in total. The van der Waals surface area contributed by atoms with Gasteiger partial charge in [0, 0.05) is 50.1 Å². The third-order valence-electron chi connectivity index (χ3n) is 7.90. The van der Waals surface area contributed by atoms with Gasteiger partial charge in [0.25, 0.3) is 11.8 Å². The Morgan fingerprint density at radius 3 is 2.62 bits per heavy atom. The monoisotopic (exact) mass is 594 g/mol. The second kappa shape index (κ2) is 14.1. The van der Waals surface area contributed by atoms with Crippen molar-refractivity contribution in [2.24, 2.45) is 0 Å². The molecule has 4 rings (SSSR count).